The Labute approximate surface area is 161 Å². The first-order valence-electron chi connectivity index (χ1n) is 7.35. The molecule has 3 rings (SSSR count). The minimum atomic E-state index is -0.589. The van der Waals surface area contributed by atoms with Crippen molar-refractivity contribution in [2.45, 2.75) is 17.3 Å². The first-order valence-corrected chi connectivity index (χ1v) is 9.48. The highest BCUT2D eigenvalue weighted by atomic mass is 35.5. The molecule has 2 heterocycles. The van der Waals surface area contributed by atoms with Crippen LogP contribution in [0.4, 0.5) is 5.00 Å². The Morgan fingerprint density at radius 1 is 1.31 bits per heavy atom. The number of tetrazole rings is 1. The smallest absolute Gasteiger partial charge is 0.251 e. The number of benzene rings is 1. The lowest BCUT2D eigenvalue weighted by Crippen LogP contribution is -2.24. The number of thioether (sulfide) groups is 1. The molecule has 0 bridgehead atoms. The number of carbonyl (C=O) groups is 2. The summed E-state index contributed by atoms with van der Waals surface area (Å²) in [6.07, 6.45) is 0. The van der Waals surface area contributed by atoms with E-state index in [9.17, 15) is 9.59 Å². The van der Waals surface area contributed by atoms with Gasteiger partial charge in [0.25, 0.3) is 5.91 Å². The number of carbonyl (C=O) groups excluding carboxylic acids is 2. The molecular weight excluding hydrogens is 396 g/mol. The predicted octanol–water partition coefficient (Wildman–Crippen LogP) is 2.60. The molecule has 0 spiro atoms. The molecule has 0 radical (unpaired) electrons. The number of amides is 2. The number of nitrogens with zero attached hydrogens (tertiary/aromatic N) is 4. The predicted molar refractivity (Wildman–Crippen MR) is 101 cm³/mol. The first-order chi connectivity index (χ1) is 12.5. The van der Waals surface area contributed by atoms with E-state index in [-0.39, 0.29) is 11.5 Å². The third-order valence-corrected chi connectivity index (χ3v) is 5.45. The van der Waals surface area contributed by atoms with E-state index in [0.29, 0.717) is 15.2 Å². The molecule has 0 fully saturated rings. The Morgan fingerprint density at radius 3 is 2.73 bits per heavy atom. The Kier molecular flexibility index (Phi) is 5.55. The Morgan fingerprint density at radius 2 is 2.04 bits per heavy atom. The number of anilines is 1. The first kappa shape index (κ1) is 18.4. The molecule has 3 N–H and O–H groups in total. The van der Waals surface area contributed by atoms with Gasteiger partial charge in [-0.2, -0.15) is 4.68 Å². The number of hydrogen-bond donors (Lipinski definition) is 2. The van der Waals surface area contributed by atoms with Crippen LogP contribution < -0.4 is 11.1 Å². The third kappa shape index (κ3) is 4.03. The number of halogens is 1. The van der Waals surface area contributed by atoms with Crippen molar-refractivity contribution in [3.8, 4) is 5.69 Å². The fourth-order valence-electron chi connectivity index (χ4n) is 2.02. The van der Waals surface area contributed by atoms with Gasteiger partial charge < -0.3 is 11.1 Å². The summed E-state index contributed by atoms with van der Waals surface area (Å²) in [5.41, 5.74) is 6.30. The second kappa shape index (κ2) is 7.85. The van der Waals surface area contributed by atoms with E-state index < -0.39 is 11.2 Å². The van der Waals surface area contributed by atoms with Crippen molar-refractivity contribution in [3.63, 3.8) is 0 Å². The molecule has 0 aliphatic rings. The Balaban J connectivity index is 1.72. The van der Waals surface area contributed by atoms with Gasteiger partial charge in [-0.25, -0.2) is 0 Å². The molecule has 0 aliphatic carbocycles. The number of thiophene rings is 1. The fraction of sp³-hybridized carbons (Fsp3) is 0.133. The highest BCUT2D eigenvalue weighted by Crippen LogP contribution is 2.27. The summed E-state index contributed by atoms with van der Waals surface area (Å²) in [6.45, 7) is 1.72. The molecule has 134 valence electrons. The Bertz CT molecular complexity index is 940. The quantitative estimate of drug-likeness (QED) is 0.605. The van der Waals surface area contributed by atoms with Gasteiger partial charge in [0, 0.05) is 5.02 Å². The van der Waals surface area contributed by atoms with Crippen molar-refractivity contribution in [3.05, 3.63) is 46.3 Å². The zero-order valence-electron chi connectivity index (χ0n) is 13.4. The lowest BCUT2D eigenvalue weighted by Gasteiger charge is -2.11. The van der Waals surface area contributed by atoms with Crippen molar-refractivity contribution >= 4 is 51.5 Å². The van der Waals surface area contributed by atoms with Crippen molar-refractivity contribution < 1.29 is 9.59 Å². The van der Waals surface area contributed by atoms with Gasteiger partial charge in [-0.15, -0.1) is 16.4 Å². The minimum Gasteiger partial charge on any atom is -0.366 e. The molecule has 8 nitrogen and oxygen atoms in total. The van der Waals surface area contributed by atoms with Crippen LogP contribution in [-0.2, 0) is 4.79 Å². The van der Waals surface area contributed by atoms with E-state index in [4.69, 9.17) is 17.3 Å². The van der Waals surface area contributed by atoms with Crippen LogP contribution in [0.3, 0.4) is 0 Å². The average Bonchev–Trinajstić information content (AvgIpc) is 3.25. The number of aromatic nitrogens is 4. The minimum absolute atomic E-state index is 0.284. The van der Waals surface area contributed by atoms with Crippen LogP contribution in [0, 0.1) is 0 Å². The molecule has 2 amide bonds. The summed E-state index contributed by atoms with van der Waals surface area (Å²) >= 11 is 8.31. The van der Waals surface area contributed by atoms with Crippen LogP contribution >= 0.6 is 34.7 Å². The molecule has 1 unspecified atom stereocenters. The normalized spacial score (nSPS) is 11.9. The Hall–Kier alpha value is -2.43. The van der Waals surface area contributed by atoms with E-state index in [1.165, 1.54) is 27.8 Å². The molecule has 0 aliphatic heterocycles. The average molecular weight is 409 g/mol. The molecule has 0 saturated heterocycles. The number of nitrogens with two attached hydrogens (primary N) is 1. The van der Waals surface area contributed by atoms with Crippen LogP contribution in [-0.4, -0.2) is 37.3 Å². The van der Waals surface area contributed by atoms with Gasteiger partial charge >= 0.3 is 0 Å². The van der Waals surface area contributed by atoms with Gasteiger partial charge in [-0.3, -0.25) is 9.59 Å². The van der Waals surface area contributed by atoms with Gasteiger partial charge in [0.1, 0.15) is 5.00 Å². The van der Waals surface area contributed by atoms with Gasteiger partial charge in [0.15, 0.2) is 0 Å². The molecule has 11 heteroatoms. The van der Waals surface area contributed by atoms with Crippen LogP contribution in [0.1, 0.15) is 17.3 Å². The number of nitrogens with one attached hydrogen (secondary N) is 1. The SMILES string of the molecule is CC(Sc1nnnn1-c1ccc(Cl)cc1)C(=O)Nc1sccc1C(N)=O. The van der Waals surface area contributed by atoms with E-state index in [1.807, 2.05) is 0 Å². The molecule has 1 aromatic carbocycles. The second-order valence-electron chi connectivity index (χ2n) is 5.13. The van der Waals surface area contributed by atoms with Gasteiger partial charge in [-0.1, -0.05) is 23.4 Å². The van der Waals surface area contributed by atoms with E-state index >= 15 is 0 Å². The van der Waals surface area contributed by atoms with Crippen molar-refractivity contribution in [1.29, 1.82) is 0 Å². The van der Waals surface area contributed by atoms with Gasteiger partial charge in [-0.05, 0) is 53.1 Å². The lowest BCUT2D eigenvalue weighted by molar-refractivity contribution is -0.115. The van der Waals surface area contributed by atoms with Gasteiger partial charge in [0.05, 0.1) is 16.5 Å². The monoisotopic (exact) mass is 408 g/mol. The van der Waals surface area contributed by atoms with Crippen molar-refractivity contribution in [2.24, 2.45) is 5.73 Å². The second-order valence-corrected chi connectivity index (χ2v) is 7.79. The summed E-state index contributed by atoms with van der Waals surface area (Å²) in [7, 11) is 0. The molecule has 0 saturated carbocycles. The number of hydrogen-bond acceptors (Lipinski definition) is 7. The molecule has 2 aromatic heterocycles. The molecule has 26 heavy (non-hydrogen) atoms. The number of rotatable bonds is 6. The van der Waals surface area contributed by atoms with Crippen LogP contribution in [0.25, 0.3) is 5.69 Å². The van der Waals surface area contributed by atoms with Crippen LogP contribution in [0.2, 0.25) is 5.02 Å². The van der Waals surface area contributed by atoms with Crippen LogP contribution in [0.15, 0.2) is 40.9 Å². The van der Waals surface area contributed by atoms with Gasteiger partial charge in [0.2, 0.25) is 11.1 Å². The third-order valence-electron chi connectivity index (χ3n) is 3.33. The van der Waals surface area contributed by atoms with E-state index in [2.05, 4.69) is 20.8 Å². The van der Waals surface area contributed by atoms with E-state index in [0.717, 1.165) is 5.69 Å². The summed E-state index contributed by atoms with van der Waals surface area (Å²) in [5, 5.41) is 16.9. The highest BCUT2D eigenvalue weighted by Gasteiger charge is 2.21. The summed E-state index contributed by atoms with van der Waals surface area (Å²) in [4.78, 5) is 23.8. The summed E-state index contributed by atoms with van der Waals surface area (Å²) in [6, 6.07) is 8.58. The maximum Gasteiger partial charge on any atom is 0.251 e. The van der Waals surface area contributed by atoms with Crippen LogP contribution in [0.5, 0.6) is 0 Å². The largest absolute Gasteiger partial charge is 0.366 e. The molecule has 1 atom stereocenters. The fourth-order valence-corrected chi connectivity index (χ4v) is 3.75. The van der Waals surface area contributed by atoms with Crippen molar-refractivity contribution in [1.82, 2.24) is 20.2 Å². The van der Waals surface area contributed by atoms with Crippen molar-refractivity contribution in [2.75, 3.05) is 5.32 Å². The maximum absolute atomic E-state index is 12.4. The zero-order chi connectivity index (χ0) is 18.7. The molecular formula is C15H13ClN6O2S2. The highest BCUT2D eigenvalue weighted by molar-refractivity contribution is 8.00. The maximum atomic E-state index is 12.4. The van der Waals surface area contributed by atoms with E-state index in [1.54, 1.807) is 42.6 Å². The number of primary amides is 1. The lowest BCUT2D eigenvalue weighted by atomic mass is 10.3. The molecule has 3 aromatic rings. The summed E-state index contributed by atoms with van der Waals surface area (Å²) < 4.78 is 1.52. The standard InChI is InChI=1S/C15H13ClN6O2S2/c1-8(13(24)18-14-11(12(17)23)6-7-25-14)26-15-19-20-21-22(15)10-4-2-9(16)3-5-10/h2-8H,1H3,(H2,17,23)(H,18,24). The summed E-state index contributed by atoms with van der Waals surface area (Å²) in [5.74, 6) is -0.876. The zero-order valence-corrected chi connectivity index (χ0v) is 15.8. The topological polar surface area (TPSA) is 116 Å².